The van der Waals surface area contributed by atoms with Crippen molar-refractivity contribution in [1.82, 2.24) is 14.5 Å². The number of halogens is 1. The zero-order valence-electron chi connectivity index (χ0n) is 25.4. The second-order valence-electron chi connectivity index (χ2n) is 11.7. The average molecular weight is 613 g/mol. The predicted molar refractivity (Wildman–Crippen MR) is 170 cm³/mol. The van der Waals surface area contributed by atoms with Crippen molar-refractivity contribution >= 4 is 39.3 Å². The van der Waals surface area contributed by atoms with Crippen LogP contribution in [0.4, 0.5) is 5.69 Å². The van der Waals surface area contributed by atoms with E-state index in [0.717, 1.165) is 19.7 Å². The van der Waals surface area contributed by atoms with Gasteiger partial charge >= 0.3 is 10.2 Å². The summed E-state index contributed by atoms with van der Waals surface area (Å²) in [5.74, 6) is -0.859. The number of benzene rings is 3. The van der Waals surface area contributed by atoms with Gasteiger partial charge in [-0.3, -0.25) is 9.59 Å². The first-order valence-corrected chi connectivity index (χ1v) is 15.5. The van der Waals surface area contributed by atoms with E-state index in [-0.39, 0.29) is 18.9 Å². The van der Waals surface area contributed by atoms with Gasteiger partial charge in [0.25, 0.3) is 0 Å². The number of nitrogens with one attached hydrogen (secondary N) is 1. The van der Waals surface area contributed by atoms with Gasteiger partial charge in [0.1, 0.15) is 12.6 Å². The van der Waals surface area contributed by atoms with Gasteiger partial charge < -0.3 is 10.2 Å². The van der Waals surface area contributed by atoms with E-state index < -0.39 is 34.2 Å². The number of rotatable bonds is 11. The highest BCUT2D eigenvalue weighted by Crippen LogP contribution is 2.26. The van der Waals surface area contributed by atoms with Gasteiger partial charge in [-0.25, -0.2) is 4.31 Å². The SMILES string of the molecule is Cc1ccc(C)c(N(CC(=O)N(Cc2cccc(Cl)c2)[C@H](Cc2ccccc2)C(=O)NC(C)(C)C)S(=O)(=O)N(C)C)c1. The molecule has 0 spiro atoms. The molecule has 0 heterocycles. The lowest BCUT2D eigenvalue weighted by atomic mass is 10.0. The molecule has 0 bridgehead atoms. The molecule has 3 rings (SSSR count). The molecule has 0 radical (unpaired) electrons. The van der Waals surface area contributed by atoms with E-state index in [9.17, 15) is 18.0 Å². The van der Waals surface area contributed by atoms with Crippen LogP contribution in [0.3, 0.4) is 0 Å². The summed E-state index contributed by atoms with van der Waals surface area (Å²) in [6.07, 6.45) is 0.235. The van der Waals surface area contributed by atoms with E-state index >= 15 is 0 Å². The Balaban J connectivity index is 2.15. The summed E-state index contributed by atoms with van der Waals surface area (Å²) >= 11 is 6.28. The van der Waals surface area contributed by atoms with Crippen molar-refractivity contribution in [2.75, 3.05) is 24.9 Å². The Bertz CT molecular complexity index is 1500. The summed E-state index contributed by atoms with van der Waals surface area (Å²) in [6, 6.07) is 21.1. The Hall–Kier alpha value is -3.40. The lowest BCUT2D eigenvalue weighted by Crippen LogP contribution is -2.56. The molecule has 10 heteroatoms. The summed E-state index contributed by atoms with van der Waals surface area (Å²) in [5.41, 5.74) is 2.97. The minimum absolute atomic E-state index is 0.0527. The van der Waals surface area contributed by atoms with Crippen molar-refractivity contribution in [2.24, 2.45) is 0 Å². The van der Waals surface area contributed by atoms with Crippen LogP contribution < -0.4 is 9.62 Å². The van der Waals surface area contributed by atoms with Gasteiger partial charge in [0.2, 0.25) is 11.8 Å². The third-order valence-corrected chi connectivity index (χ3v) is 8.70. The van der Waals surface area contributed by atoms with Crippen molar-refractivity contribution in [3.05, 3.63) is 100 Å². The van der Waals surface area contributed by atoms with E-state index in [1.165, 1.54) is 19.0 Å². The summed E-state index contributed by atoms with van der Waals surface area (Å²) in [6.45, 7) is 8.84. The number of anilines is 1. The van der Waals surface area contributed by atoms with Crippen LogP contribution in [0, 0.1) is 13.8 Å². The first-order valence-electron chi connectivity index (χ1n) is 13.8. The van der Waals surface area contributed by atoms with Gasteiger partial charge in [-0.1, -0.05) is 66.2 Å². The number of hydrogen-bond acceptors (Lipinski definition) is 4. The first-order chi connectivity index (χ1) is 19.6. The Morgan fingerprint density at radius 1 is 0.905 bits per heavy atom. The lowest BCUT2D eigenvalue weighted by Gasteiger charge is -2.36. The quantitative estimate of drug-likeness (QED) is 0.325. The summed E-state index contributed by atoms with van der Waals surface area (Å²) < 4.78 is 29.4. The Kier molecular flexibility index (Phi) is 10.8. The Labute approximate surface area is 255 Å². The maximum absolute atomic E-state index is 14.4. The predicted octanol–water partition coefficient (Wildman–Crippen LogP) is 5.12. The van der Waals surface area contributed by atoms with Gasteiger partial charge in [0.05, 0.1) is 5.69 Å². The summed E-state index contributed by atoms with van der Waals surface area (Å²) in [4.78, 5) is 29.7. The Morgan fingerprint density at radius 2 is 1.55 bits per heavy atom. The maximum atomic E-state index is 14.4. The normalized spacial score (nSPS) is 12.6. The first kappa shape index (κ1) is 33.1. The second-order valence-corrected chi connectivity index (χ2v) is 14.2. The van der Waals surface area contributed by atoms with Gasteiger partial charge in [-0.05, 0) is 75.1 Å². The second kappa shape index (κ2) is 13.7. The number of nitrogens with zero attached hydrogens (tertiary/aromatic N) is 3. The zero-order chi connectivity index (χ0) is 31.2. The molecule has 3 aromatic rings. The number of hydrogen-bond donors (Lipinski definition) is 1. The molecule has 1 atom stereocenters. The van der Waals surface area contributed by atoms with Crippen LogP contribution >= 0.6 is 11.6 Å². The molecule has 226 valence electrons. The van der Waals surface area contributed by atoms with E-state index in [4.69, 9.17) is 11.6 Å². The molecular weight excluding hydrogens is 572 g/mol. The standard InChI is InChI=1S/C32H41ClN4O4S/c1-23-16-17-24(2)28(18-23)37(42(40,41)35(6)7)22-30(38)36(21-26-14-11-15-27(33)19-26)29(31(39)34-32(3,4)5)20-25-12-9-8-10-13-25/h8-19,29H,20-22H2,1-7H3,(H,34,39)/t29-/m1/s1. The van der Waals surface area contributed by atoms with Crippen LogP contribution in [0.5, 0.6) is 0 Å². The molecule has 0 unspecified atom stereocenters. The molecular formula is C32H41ClN4O4S. The molecule has 42 heavy (non-hydrogen) atoms. The lowest BCUT2D eigenvalue weighted by molar-refractivity contribution is -0.140. The van der Waals surface area contributed by atoms with Gasteiger partial charge in [0.15, 0.2) is 0 Å². The highest BCUT2D eigenvalue weighted by molar-refractivity contribution is 7.90. The van der Waals surface area contributed by atoms with Gasteiger partial charge in [-0.2, -0.15) is 12.7 Å². The number of aryl methyl sites for hydroxylation is 2. The van der Waals surface area contributed by atoms with Gasteiger partial charge in [-0.15, -0.1) is 0 Å². The fraction of sp³-hybridized carbons (Fsp3) is 0.375. The van der Waals surface area contributed by atoms with Crippen LogP contribution in [-0.2, 0) is 32.8 Å². The van der Waals surface area contributed by atoms with E-state index in [0.29, 0.717) is 21.8 Å². The highest BCUT2D eigenvalue weighted by atomic mass is 35.5. The number of amides is 2. The topological polar surface area (TPSA) is 90.0 Å². The zero-order valence-corrected chi connectivity index (χ0v) is 27.0. The molecule has 0 saturated heterocycles. The summed E-state index contributed by atoms with van der Waals surface area (Å²) in [7, 11) is -1.22. The van der Waals surface area contributed by atoms with Crippen LogP contribution in [0.2, 0.25) is 5.02 Å². The van der Waals surface area contributed by atoms with Crippen LogP contribution in [0.1, 0.15) is 43.0 Å². The minimum Gasteiger partial charge on any atom is -0.350 e. The monoisotopic (exact) mass is 612 g/mol. The van der Waals surface area contributed by atoms with Crippen LogP contribution in [-0.4, -0.2) is 61.7 Å². The van der Waals surface area contributed by atoms with Crippen LogP contribution in [0.25, 0.3) is 0 Å². The fourth-order valence-corrected chi connectivity index (χ4v) is 5.85. The molecule has 8 nitrogen and oxygen atoms in total. The highest BCUT2D eigenvalue weighted by Gasteiger charge is 2.36. The molecule has 2 amide bonds. The van der Waals surface area contributed by atoms with Crippen molar-refractivity contribution in [1.29, 1.82) is 0 Å². The fourth-order valence-electron chi connectivity index (χ4n) is 4.53. The molecule has 3 aromatic carbocycles. The van der Waals surface area contributed by atoms with E-state index in [1.54, 1.807) is 31.2 Å². The molecule has 0 aliphatic heterocycles. The Morgan fingerprint density at radius 3 is 2.14 bits per heavy atom. The van der Waals surface area contributed by atoms with Crippen LogP contribution in [0.15, 0.2) is 72.8 Å². The average Bonchev–Trinajstić information content (AvgIpc) is 2.90. The minimum atomic E-state index is -4.08. The van der Waals surface area contributed by atoms with E-state index in [2.05, 4.69) is 5.32 Å². The molecule has 1 N–H and O–H groups in total. The number of carbonyl (C=O) groups excluding carboxylic acids is 2. The molecule has 0 saturated carbocycles. The van der Waals surface area contributed by atoms with Crippen molar-refractivity contribution in [2.45, 2.75) is 59.2 Å². The molecule has 0 aliphatic rings. The largest absolute Gasteiger partial charge is 0.350 e. The number of carbonyl (C=O) groups is 2. The van der Waals surface area contributed by atoms with Crippen molar-refractivity contribution < 1.29 is 18.0 Å². The maximum Gasteiger partial charge on any atom is 0.304 e. The van der Waals surface area contributed by atoms with Crippen molar-refractivity contribution in [3.8, 4) is 0 Å². The van der Waals surface area contributed by atoms with Gasteiger partial charge in [0, 0.05) is 37.6 Å². The summed E-state index contributed by atoms with van der Waals surface area (Å²) in [5, 5.41) is 3.51. The molecule has 0 fully saturated rings. The smallest absolute Gasteiger partial charge is 0.304 e. The van der Waals surface area contributed by atoms with Crippen molar-refractivity contribution in [3.63, 3.8) is 0 Å². The third-order valence-electron chi connectivity index (χ3n) is 6.66. The molecule has 0 aliphatic carbocycles. The third kappa shape index (κ3) is 8.80. The molecule has 0 aromatic heterocycles. The van der Waals surface area contributed by atoms with E-state index in [1.807, 2.05) is 76.2 Å².